The van der Waals surface area contributed by atoms with Gasteiger partial charge in [0.15, 0.2) is 5.82 Å². The Morgan fingerprint density at radius 2 is 1.05 bits per heavy atom. The number of para-hydroxylation sites is 1. The summed E-state index contributed by atoms with van der Waals surface area (Å²) in [6.45, 7) is 0. The number of thiophene rings is 1. The highest BCUT2D eigenvalue weighted by atomic mass is 32.1. The first-order chi connectivity index (χ1) is 31.2. The Balaban J connectivity index is 1.02. The van der Waals surface area contributed by atoms with Crippen LogP contribution < -0.4 is 0 Å². The van der Waals surface area contributed by atoms with Gasteiger partial charge in [0.25, 0.3) is 0 Å². The van der Waals surface area contributed by atoms with Gasteiger partial charge in [-0.3, -0.25) is 0 Å². The molecular weight excluding hydrogens is 785 g/mol. The van der Waals surface area contributed by atoms with Gasteiger partial charge in [0.2, 0.25) is 0 Å². The Kier molecular flexibility index (Phi) is 7.24. The lowest BCUT2D eigenvalue weighted by atomic mass is 9.93. The lowest BCUT2D eigenvalue weighted by Crippen LogP contribution is -1.97. The van der Waals surface area contributed by atoms with Crippen molar-refractivity contribution >= 4 is 108 Å². The number of benzene rings is 10. The van der Waals surface area contributed by atoms with Gasteiger partial charge in [-0.2, -0.15) is 0 Å². The van der Waals surface area contributed by atoms with Gasteiger partial charge in [0, 0.05) is 64.7 Å². The van der Waals surface area contributed by atoms with Crippen LogP contribution >= 0.6 is 11.3 Å². The van der Waals surface area contributed by atoms with Gasteiger partial charge >= 0.3 is 0 Å². The topological polar surface area (TPSA) is 46.5 Å². The molecule has 5 heteroatoms. The first-order valence-electron chi connectivity index (χ1n) is 21.4. The molecule has 292 valence electrons. The smallest absolute Gasteiger partial charge is 0.161 e. The van der Waals surface area contributed by atoms with Crippen LogP contribution in [-0.2, 0) is 0 Å². The largest absolute Gasteiger partial charge is 0.354 e. The van der Waals surface area contributed by atoms with Crippen LogP contribution in [0.2, 0.25) is 0 Å². The lowest BCUT2D eigenvalue weighted by molar-refractivity contribution is 1.18. The van der Waals surface area contributed by atoms with Crippen LogP contribution in [0.25, 0.3) is 136 Å². The molecule has 14 rings (SSSR count). The Hall–Kier alpha value is -8.12. The fourth-order valence-corrected chi connectivity index (χ4v) is 11.5. The Labute approximate surface area is 365 Å². The minimum atomic E-state index is 0.733. The molecule has 0 aliphatic carbocycles. The average molecular weight is 819 g/mol. The third-order valence-electron chi connectivity index (χ3n) is 13.1. The van der Waals surface area contributed by atoms with E-state index in [0.29, 0.717) is 0 Å². The normalized spacial score (nSPS) is 12.1. The summed E-state index contributed by atoms with van der Waals surface area (Å²) in [4.78, 5) is 15.4. The van der Waals surface area contributed by atoms with Crippen molar-refractivity contribution in [2.24, 2.45) is 0 Å². The second-order valence-corrected chi connectivity index (χ2v) is 17.6. The van der Waals surface area contributed by atoms with Crippen molar-refractivity contribution in [2.45, 2.75) is 0 Å². The summed E-state index contributed by atoms with van der Waals surface area (Å²) in [5.74, 6) is 0.733. The molecule has 0 saturated heterocycles. The molecule has 4 heterocycles. The summed E-state index contributed by atoms with van der Waals surface area (Å²) in [7, 11) is 0. The third kappa shape index (κ3) is 5.03. The molecule has 0 spiro atoms. The summed E-state index contributed by atoms with van der Waals surface area (Å²) in [5.41, 5.74) is 11.1. The van der Waals surface area contributed by atoms with E-state index in [4.69, 9.17) is 9.97 Å². The first-order valence-corrected chi connectivity index (χ1v) is 22.2. The lowest BCUT2D eigenvalue weighted by Gasteiger charge is -2.14. The van der Waals surface area contributed by atoms with Crippen molar-refractivity contribution in [1.82, 2.24) is 19.5 Å². The summed E-state index contributed by atoms with van der Waals surface area (Å²) >= 11 is 1.73. The zero-order valence-corrected chi connectivity index (χ0v) is 34.6. The molecule has 10 aromatic carbocycles. The van der Waals surface area contributed by atoms with Crippen molar-refractivity contribution in [3.8, 4) is 39.5 Å². The molecule has 0 aliphatic rings. The maximum absolute atomic E-state index is 5.36. The number of aromatic nitrogens is 4. The van der Waals surface area contributed by atoms with Crippen LogP contribution in [0.4, 0.5) is 0 Å². The number of hydrogen-bond donors (Lipinski definition) is 1. The van der Waals surface area contributed by atoms with E-state index < -0.39 is 0 Å². The number of rotatable bonds is 4. The molecule has 0 amide bonds. The van der Waals surface area contributed by atoms with Crippen LogP contribution in [0.1, 0.15) is 0 Å². The van der Waals surface area contributed by atoms with Crippen molar-refractivity contribution in [2.75, 3.05) is 0 Å². The number of nitrogens with zero attached hydrogens (tertiary/aromatic N) is 3. The Bertz CT molecular complexity index is 4210. The highest BCUT2D eigenvalue weighted by molar-refractivity contribution is 7.25. The van der Waals surface area contributed by atoms with Crippen molar-refractivity contribution < 1.29 is 0 Å². The first kappa shape index (κ1) is 34.6. The van der Waals surface area contributed by atoms with E-state index in [1.165, 1.54) is 80.6 Å². The van der Waals surface area contributed by atoms with Crippen molar-refractivity contribution in [1.29, 1.82) is 0 Å². The van der Waals surface area contributed by atoms with E-state index in [1.807, 2.05) is 6.07 Å². The van der Waals surface area contributed by atoms with Crippen LogP contribution in [0.15, 0.2) is 200 Å². The van der Waals surface area contributed by atoms with Crippen LogP contribution in [0.3, 0.4) is 0 Å². The molecule has 0 radical (unpaired) electrons. The number of H-pyrrole nitrogens is 1. The third-order valence-corrected chi connectivity index (χ3v) is 14.2. The predicted molar refractivity (Wildman–Crippen MR) is 267 cm³/mol. The number of fused-ring (bicyclic) bond motifs is 16. The molecular formula is C58H34N4S. The fraction of sp³-hybridized carbons (Fsp3) is 0. The molecule has 0 atom stereocenters. The van der Waals surface area contributed by atoms with Gasteiger partial charge in [-0.25, -0.2) is 9.97 Å². The summed E-state index contributed by atoms with van der Waals surface area (Å²) < 4.78 is 3.66. The van der Waals surface area contributed by atoms with Gasteiger partial charge < -0.3 is 9.55 Å². The van der Waals surface area contributed by atoms with E-state index >= 15 is 0 Å². The van der Waals surface area contributed by atoms with E-state index in [2.05, 4.69) is 204 Å². The SMILES string of the molecule is c1ccc(-c2nc(-c3cccc(-n4c5ccccc5c5c6ccccc6c(-c6ccc7c(c6)[nH]c6c8ccccc8c8ccccc8c76)cc54)c3)c3c(n2)sc2ccccc23)cc1. The van der Waals surface area contributed by atoms with Gasteiger partial charge in [-0.1, -0.05) is 164 Å². The second kappa shape index (κ2) is 13.2. The van der Waals surface area contributed by atoms with Crippen LogP contribution in [-0.4, -0.2) is 19.5 Å². The zero-order valence-electron chi connectivity index (χ0n) is 33.8. The molecule has 1 N–H and O–H groups in total. The van der Waals surface area contributed by atoms with E-state index in [-0.39, 0.29) is 0 Å². The minimum Gasteiger partial charge on any atom is -0.354 e. The molecule has 0 fully saturated rings. The molecule has 4 nitrogen and oxygen atoms in total. The Morgan fingerprint density at radius 1 is 0.397 bits per heavy atom. The molecule has 0 aliphatic heterocycles. The predicted octanol–water partition coefficient (Wildman–Crippen LogP) is 16.0. The standard InChI is InChI=1S/C58H34N4S/c1-2-15-34(16-3-1)57-60-55(54-46-26-11-13-28-51(46)63-58(54)61-57)36-17-14-18-37(31-36)62-49-27-12-10-25-45(49)52-41-22-7-5-21-40(41)47(33-50(52)62)35-29-30-44-48(32-35)59-56-43-24-9-6-20-39(43)38-19-4-8-23-42(38)53(44)56/h1-33,59H. The fourth-order valence-electron chi connectivity index (χ4n) is 10.4. The van der Waals surface area contributed by atoms with Crippen LogP contribution in [0.5, 0.6) is 0 Å². The van der Waals surface area contributed by atoms with Crippen molar-refractivity contribution in [3.05, 3.63) is 200 Å². The van der Waals surface area contributed by atoms with E-state index in [9.17, 15) is 0 Å². The highest BCUT2D eigenvalue weighted by Crippen LogP contribution is 2.45. The van der Waals surface area contributed by atoms with E-state index in [0.717, 1.165) is 55.1 Å². The molecule has 14 aromatic rings. The zero-order chi connectivity index (χ0) is 41.2. The molecule has 4 aromatic heterocycles. The quantitative estimate of drug-likeness (QED) is 0.180. The Morgan fingerprint density at radius 3 is 1.87 bits per heavy atom. The summed E-state index contributed by atoms with van der Waals surface area (Å²) in [5, 5.41) is 14.8. The molecule has 63 heavy (non-hydrogen) atoms. The average Bonchev–Trinajstić information content (AvgIpc) is 4.04. The second-order valence-electron chi connectivity index (χ2n) is 16.5. The number of nitrogens with one attached hydrogen (secondary N) is 1. The van der Waals surface area contributed by atoms with Crippen LogP contribution in [0, 0.1) is 0 Å². The molecule has 0 bridgehead atoms. The summed E-state index contributed by atoms with van der Waals surface area (Å²) in [6.07, 6.45) is 0. The molecule has 0 unspecified atom stereocenters. The van der Waals surface area contributed by atoms with Gasteiger partial charge in [0.1, 0.15) is 4.83 Å². The molecule has 0 saturated carbocycles. The highest BCUT2D eigenvalue weighted by Gasteiger charge is 2.21. The van der Waals surface area contributed by atoms with Gasteiger partial charge in [-0.05, 0) is 74.5 Å². The summed E-state index contributed by atoms with van der Waals surface area (Å²) in [6, 6.07) is 72.6. The minimum absolute atomic E-state index is 0.733. The number of aromatic amines is 1. The van der Waals surface area contributed by atoms with E-state index in [1.54, 1.807) is 11.3 Å². The maximum atomic E-state index is 5.36. The van der Waals surface area contributed by atoms with Gasteiger partial charge in [0.05, 0.1) is 22.2 Å². The monoisotopic (exact) mass is 818 g/mol. The maximum Gasteiger partial charge on any atom is 0.161 e. The van der Waals surface area contributed by atoms with Gasteiger partial charge in [-0.15, -0.1) is 11.3 Å². The number of hydrogen-bond acceptors (Lipinski definition) is 3. The van der Waals surface area contributed by atoms with Crippen molar-refractivity contribution in [3.63, 3.8) is 0 Å².